The maximum Gasteiger partial charge on any atom is 0.409 e. The number of halogens is 1. The number of morpholine rings is 2. The van der Waals surface area contributed by atoms with Gasteiger partial charge in [-0.25, -0.2) is 14.2 Å². The van der Waals surface area contributed by atoms with E-state index in [0.717, 1.165) is 70.8 Å². The standard InChI is InChI=1S/C19H25FN4O3.C4H9NO.B3.H2/c1-2-27-19(25)23-7-5-15(6-8-23)24-17-4-3-14(20)13-16(17)21-18(24)22-9-11-26-12-10-22;1-3-6-4-2-5-1;1-3-2;/h3-4,13,15H,2,5-12H2,1H3;5H,1-4H2;;1H/i;;;1+1. The average Bonchev–Trinajstić information content (AvgIpc) is 3.30. The van der Waals surface area contributed by atoms with Gasteiger partial charge in [-0.3, -0.25) is 0 Å². The number of carbonyl (C=O) groups excluding carboxylic acids is 1. The van der Waals surface area contributed by atoms with Crippen molar-refractivity contribution in [3.05, 3.63) is 24.0 Å². The molecule has 0 aliphatic carbocycles. The molecule has 1 aromatic carbocycles. The zero-order valence-electron chi connectivity index (χ0n) is 21.0. The molecule has 0 saturated carbocycles. The lowest BCUT2D eigenvalue weighted by molar-refractivity contribution is 0.0927. The van der Waals surface area contributed by atoms with Gasteiger partial charge in [0.25, 0.3) is 0 Å². The van der Waals surface area contributed by atoms with Crippen molar-refractivity contribution in [1.82, 2.24) is 19.8 Å². The maximum absolute atomic E-state index is 13.7. The summed E-state index contributed by atoms with van der Waals surface area (Å²) in [6, 6.07) is 4.99. The van der Waals surface area contributed by atoms with Crippen LogP contribution in [0.2, 0.25) is 0 Å². The molecule has 36 heavy (non-hydrogen) atoms. The SMILES string of the molecule is C1COCCN1.CCOC(=O)N1CCC(n2c(N3CCOCC3)nc3cc(F)ccc32)CC1.[2HH].[B][B][B]. The van der Waals surface area contributed by atoms with Crippen LogP contribution in [-0.4, -0.2) is 115 Å². The Kier molecular flexibility index (Phi) is 11.9. The van der Waals surface area contributed by atoms with Crippen LogP contribution in [0.25, 0.3) is 11.0 Å². The number of benzene rings is 1. The first-order valence-electron chi connectivity index (χ1n) is 12.5. The quantitative estimate of drug-likeness (QED) is 0.642. The summed E-state index contributed by atoms with van der Waals surface area (Å²) in [6.07, 6.45) is 1.39. The molecule has 4 heterocycles. The van der Waals surface area contributed by atoms with Gasteiger partial charge in [0, 0.05) is 75.3 Å². The molecule has 3 saturated heterocycles. The van der Waals surface area contributed by atoms with Gasteiger partial charge in [-0.05, 0) is 31.9 Å². The number of imidazole rings is 1. The van der Waals surface area contributed by atoms with E-state index in [9.17, 15) is 9.18 Å². The molecule has 0 bridgehead atoms. The normalized spacial score (nSPS) is 18.5. The van der Waals surface area contributed by atoms with E-state index in [1.165, 1.54) is 12.1 Å². The molecule has 3 aliphatic rings. The molecule has 1 N–H and O–H groups in total. The summed E-state index contributed by atoms with van der Waals surface area (Å²) in [7, 11) is 10.0. The smallest absolute Gasteiger partial charge is 0.409 e. The summed E-state index contributed by atoms with van der Waals surface area (Å²) in [5.74, 6) is 0.589. The minimum atomic E-state index is -0.280. The molecular weight excluding hydrogens is 462 g/mol. The Morgan fingerprint density at radius 1 is 1.17 bits per heavy atom. The minimum absolute atomic E-state index is 0. The van der Waals surface area contributed by atoms with Gasteiger partial charge >= 0.3 is 6.09 Å². The van der Waals surface area contributed by atoms with E-state index >= 15 is 0 Å². The largest absolute Gasteiger partial charge is 0.450 e. The number of carbonyl (C=O) groups is 1. The van der Waals surface area contributed by atoms with Crippen molar-refractivity contribution in [1.29, 1.82) is 0 Å². The van der Waals surface area contributed by atoms with Crippen LogP contribution in [0.5, 0.6) is 0 Å². The molecule has 0 spiro atoms. The van der Waals surface area contributed by atoms with Gasteiger partial charge in [0.05, 0.1) is 44.1 Å². The Labute approximate surface area is 217 Å². The van der Waals surface area contributed by atoms with E-state index in [-0.39, 0.29) is 19.4 Å². The number of nitrogens with zero attached hydrogens (tertiary/aromatic N) is 4. The van der Waals surface area contributed by atoms with Gasteiger partial charge in [-0.2, -0.15) is 0 Å². The third-order valence-corrected chi connectivity index (χ3v) is 6.13. The summed E-state index contributed by atoms with van der Waals surface area (Å²) >= 11 is 0. The van der Waals surface area contributed by atoms with Gasteiger partial charge in [0.1, 0.15) is 5.82 Å². The van der Waals surface area contributed by atoms with E-state index in [1.54, 1.807) is 11.0 Å². The number of ether oxygens (including phenoxy) is 3. The monoisotopic (exact) mass is 499 g/mol. The van der Waals surface area contributed by atoms with Crippen LogP contribution in [0.4, 0.5) is 15.1 Å². The first kappa shape index (κ1) is 28.3. The van der Waals surface area contributed by atoms with Crippen molar-refractivity contribution in [2.24, 2.45) is 0 Å². The average molecular weight is 499 g/mol. The summed E-state index contributed by atoms with van der Waals surface area (Å²) in [6.45, 7) is 10.2. The molecule has 2 aromatic rings. The van der Waals surface area contributed by atoms with Gasteiger partial charge < -0.3 is 33.9 Å². The molecule has 193 valence electrons. The molecule has 0 atom stereocenters. The predicted molar refractivity (Wildman–Crippen MR) is 143 cm³/mol. The highest BCUT2D eigenvalue weighted by Crippen LogP contribution is 2.33. The second-order valence-electron chi connectivity index (χ2n) is 8.49. The lowest BCUT2D eigenvalue weighted by Crippen LogP contribution is -2.41. The van der Waals surface area contributed by atoms with Crippen LogP contribution in [-0.2, 0) is 14.2 Å². The molecular formula is C23H36B3FN5O4. The molecule has 3 aliphatic heterocycles. The number of piperidine rings is 1. The second-order valence-corrected chi connectivity index (χ2v) is 8.49. The Hall–Kier alpha value is -2.24. The number of hydrogen-bond acceptors (Lipinski definition) is 7. The fraction of sp³-hybridized carbons (Fsp3) is 0.652. The first-order chi connectivity index (χ1) is 17.6. The summed E-state index contributed by atoms with van der Waals surface area (Å²) < 4.78 is 31.5. The number of rotatable bonds is 3. The Balaban J connectivity index is 0.000000412. The van der Waals surface area contributed by atoms with Crippen molar-refractivity contribution < 1.29 is 24.8 Å². The van der Waals surface area contributed by atoms with Crippen molar-refractivity contribution in [3.8, 4) is 0 Å². The van der Waals surface area contributed by atoms with Crippen molar-refractivity contribution in [2.75, 3.05) is 77.2 Å². The van der Waals surface area contributed by atoms with Crippen molar-refractivity contribution in [2.45, 2.75) is 25.8 Å². The molecule has 3 fully saturated rings. The zero-order valence-corrected chi connectivity index (χ0v) is 21.0. The topological polar surface area (TPSA) is 81.1 Å². The number of likely N-dealkylation sites (tertiary alicyclic amines) is 1. The zero-order chi connectivity index (χ0) is 25.8. The number of anilines is 1. The van der Waals surface area contributed by atoms with Gasteiger partial charge in [0.15, 0.2) is 0 Å². The number of hydrogen-bond donors (Lipinski definition) is 1. The summed E-state index contributed by atoms with van der Waals surface area (Å²) in [5.41, 5.74) is 1.61. The van der Waals surface area contributed by atoms with E-state index in [0.29, 0.717) is 38.4 Å². The van der Waals surface area contributed by atoms with E-state index in [1.807, 2.05) is 6.92 Å². The molecule has 0 unspecified atom stereocenters. The van der Waals surface area contributed by atoms with Gasteiger partial charge in [0.2, 0.25) is 5.95 Å². The fourth-order valence-corrected chi connectivity index (χ4v) is 4.44. The molecule has 5 rings (SSSR count). The lowest BCUT2D eigenvalue weighted by Gasteiger charge is -2.35. The molecule has 5 radical (unpaired) electrons. The van der Waals surface area contributed by atoms with E-state index in [4.69, 9.17) is 19.2 Å². The van der Waals surface area contributed by atoms with Gasteiger partial charge in [-0.1, -0.05) is 0 Å². The van der Waals surface area contributed by atoms with Crippen LogP contribution in [0.1, 0.15) is 27.2 Å². The Morgan fingerprint density at radius 2 is 1.81 bits per heavy atom. The van der Waals surface area contributed by atoms with E-state index in [2.05, 4.69) is 30.3 Å². The lowest BCUT2D eigenvalue weighted by atomic mass is 9.40. The highest BCUT2D eigenvalue weighted by Gasteiger charge is 2.29. The number of amides is 1. The van der Waals surface area contributed by atoms with Crippen molar-refractivity contribution in [3.63, 3.8) is 0 Å². The van der Waals surface area contributed by atoms with Crippen LogP contribution in [0, 0.1) is 5.82 Å². The second kappa shape index (κ2) is 15.1. The molecule has 9 nitrogen and oxygen atoms in total. The molecule has 13 heteroatoms. The van der Waals surface area contributed by atoms with Crippen molar-refractivity contribution >= 4 is 45.6 Å². The molecule has 1 aromatic heterocycles. The van der Waals surface area contributed by atoms with Crippen LogP contribution in [0.15, 0.2) is 18.2 Å². The Morgan fingerprint density at radius 3 is 2.36 bits per heavy atom. The number of fused-ring (bicyclic) bond motifs is 1. The maximum atomic E-state index is 13.7. The molecule has 1 amide bonds. The predicted octanol–water partition coefficient (Wildman–Crippen LogP) is 1.52. The van der Waals surface area contributed by atoms with E-state index < -0.39 is 0 Å². The van der Waals surface area contributed by atoms with Crippen LogP contribution < -0.4 is 10.2 Å². The third kappa shape index (κ3) is 7.88. The number of nitrogens with one attached hydrogen (secondary N) is 1. The Bertz CT molecular complexity index is 931. The minimum Gasteiger partial charge on any atom is -0.450 e. The summed E-state index contributed by atoms with van der Waals surface area (Å²) in [4.78, 5) is 20.7. The first-order valence-corrected chi connectivity index (χ1v) is 12.5. The van der Waals surface area contributed by atoms with Gasteiger partial charge in [-0.15, -0.1) is 0 Å². The summed E-state index contributed by atoms with van der Waals surface area (Å²) in [5, 5.41) is 3.16. The highest BCUT2D eigenvalue weighted by atomic mass is 19.1. The fourth-order valence-electron chi connectivity index (χ4n) is 4.44. The number of aromatic nitrogens is 2. The van der Waals surface area contributed by atoms with Crippen LogP contribution in [0.3, 0.4) is 0 Å². The van der Waals surface area contributed by atoms with Crippen LogP contribution >= 0.6 is 0 Å². The third-order valence-electron chi connectivity index (χ3n) is 6.13. The highest BCUT2D eigenvalue weighted by molar-refractivity contribution is 7.17.